The van der Waals surface area contributed by atoms with Gasteiger partial charge in [-0.3, -0.25) is 0 Å². The molecule has 0 aromatic heterocycles. The average Bonchev–Trinajstić information content (AvgIpc) is 2.43. The molecular formula is C15H11NO3. The van der Waals surface area contributed by atoms with Gasteiger partial charge < -0.3 is 9.84 Å². The molecule has 0 bridgehead atoms. The average molecular weight is 253 g/mol. The van der Waals surface area contributed by atoms with Crippen molar-refractivity contribution < 1.29 is 9.84 Å². The van der Waals surface area contributed by atoms with Crippen molar-refractivity contribution in [2.75, 3.05) is 0 Å². The Morgan fingerprint density at radius 3 is 2.79 bits per heavy atom. The maximum Gasteiger partial charge on any atom is 0.260 e. The van der Waals surface area contributed by atoms with Gasteiger partial charge in [0.05, 0.1) is 0 Å². The molecule has 0 aliphatic carbocycles. The predicted octanol–water partition coefficient (Wildman–Crippen LogP) is 2.32. The summed E-state index contributed by atoms with van der Waals surface area (Å²) in [5.74, 6) is 0.829. The number of benzene rings is 2. The van der Waals surface area contributed by atoms with Crippen LogP contribution >= 0.6 is 0 Å². The van der Waals surface area contributed by atoms with Gasteiger partial charge in [0.2, 0.25) is 0 Å². The molecule has 0 saturated carbocycles. The topological polar surface area (TPSA) is 58.9 Å². The van der Waals surface area contributed by atoms with Gasteiger partial charge in [-0.2, -0.15) is 0 Å². The van der Waals surface area contributed by atoms with Crippen LogP contribution in [0.1, 0.15) is 11.1 Å². The van der Waals surface area contributed by atoms with Crippen molar-refractivity contribution in [1.29, 1.82) is 0 Å². The summed E-state index contributed by atoms with van der Waals surface area (Å²) >= 11 is 0. The Kier molecular flexibility index (Phi) is 2.56. The molecule has 2 aromatic rings. The van der Waals surface area contributed by atoms with Gasteiger partial charge in [-0.1, -0.05) is 18.2 Å². The lowest BCUT2D eigenvalue weighted by Crippen LogP contribution is -2.16. The van der Waals surface area contributed by atoms with Gasteiger partial charge in [-0.25, -0.2) is 0 Å². The first-order chi connectivity index (χ1) is 9.17. The molecule has 4 nitrogen and oxygen atoms in total. The van der Waals surface area contributed by atoms with Crippen molar-refractivity contribution >= 4 is 12.0 Å². The summed E-state index contributed by atoms with van der Waals surface area (Å²) in [7, 11) is 0. The summed E-state index contributed by atoms with van der Waals surface area (Å²) in [5.41, 5.74) is 2.11. The van der Waals surface area contributed by atoms with Gasteiger partial charge in [0.15, 0.2) is 0 Å². The van der Waals surface area contributed by atoms with E-state index in [4.69, 9.17) is 4.74 Å². The number of hydrogen-bond acceptors (Lipinski definition) is 4. The number of rotatable bonds is 1. The molecular weight excluding hydrogens is 242 g/mol. The van der Waals surface area contributed by atoms with Crippen molar-refractivity contribution in [2.24, 2.45) is 5.18 Å². The molecule has 94 valence electrons. The fourth-order valence-electron chi connectivity index (χ4n) is 2.07. The molecule has 0 atom stereocenters. The number of nitrogens with zero attached hydrogens (tertiary/aromatic N) is 1. The SMILES string of the molecule is Cc1ccc2c(c1)Oc1cc(=C(O)N=O)ccc1=C2. The van der Waals surface area contributed by atoms with Crippen LogP contribution in [0, 0.1) is 11.8 Å². The zero-order valence-electron chi connectivity index (χ0n) is 10.3. The van der Waals surface area contributed by atoms with Crippen LogP contribution in [0.2, 0.25) is 0 Å². The molecule has 1 aliphatic rings. The minimum atomic E-state index is -0.540. The van der Waals surface area contributed by atoms with Crippen LogP contribution < -0.4 is 15.2 Å². The van der Waals surface area contributed by atoms with E-state index in [9.17, 15) is 10.0 Å². The van der Waals surface area contributed by atoms with Crippen LogP contribution in [0.15, 0.2) is 41.6 Å². The van der Waals surface area contributed by atoms with E-state index < -0.39 is 5.88 Å². The lowest BCUT2D eigenvalue weighted by atomic mass is 10.1. The van der Waals surface area contributed by atoms with E-state index in [2.05, 4.69) is 5.18 Å². The number of nitroso groups, excluding NO2 is 1. The second kappa shape index (κ2) is 4.24. The zero-order chi connectivity index (χ0) is 13.4. The van der Waals surface area contributed by atoms with Crippen molar-refractivity contribution in [2.45, 2.75) is 6.92 Å². The van der Waals surface area contributed by atoms with E-state index in [1.165, 1.54) is 0 Å². The standard InChI is InChI=1S/C15H11NO3/c1-9-2-3-10-7-11-4-5-12(15(17)16-18)8-14(11)19-13(10)6-9/h2-8,17H,1H3. The van der Waals surface area contributed by atoms with Crippen molar-refractivity contribution in [3.05, 3.63) is 62.9 Å². The highest BCUT2D eigenvalue weighted by molar-refractivity contribution is 5.63. The predicted molar refractivity (Wildman–Crippen MR) is 72.3 cm³/mol. The van der Waals surface area contributed by atoms with Crippen LogP contribution in [0.4, 0.5) is 0 Å². The second-order valence-electron chi connectivity index (χ2n) is 4.46. The van der Waals surface area contributed by atoms with Gasteiger partial charge in [0.1, 0.15) is 11.5 Å². The highest BCUT2D eigenvalue weighted by Gasteiger charge is 2.11. The molecule has 0 saturated heterocycles. The number of aliphatic hydroxyl groups is 1. The Bertz CT molecular complexity index is 794. The van der Waals surface area contributed by atoms with E-state index >= 15 is 0 Å². The summed E-state index contributed by atoms with van der Waals surface area (Å²) in [4.78, 5) is 10.3. The molecule has 0 spiro atoms. The van der Waals surface area contributed by atoms with E-state index in [1.807, 2.05) is 31.2 Å². The minimum absolute atomic E-state index is 0.346. The first-order valence-corrected chi connectivity index (χ1v) is 5.84. The molecule has 0 unspecified atom stereocenters. The molecule has 0 amide bonds. The Hall–Kier alpha value is -2.62. The summed E-state index contributed by atoms with van der Waals surface area (Å²) < 4.78 is 5.79. The zero-order valence-corrected chi connectivity index (χ0v) is 10.3. The normalized spacial score (nSPS) is 13.5. The molecule has 2 aromatic carbocycles. The fraction of sp³-hybridized carbons (Fsp3) is 0.0667. The van der Waals surface area contributed by atoms with Crippen LogP contribution in [-0.2, 0) is 0 Å². The lowest BCUT2D eigenvalue weighted by molar-refractivity contribution is 0.469. The Morgan fingerprint density at radius 2 is 2.00 bits per heavy atom. The maximum absolute atomic E-state index is 10.3. The first kappa shape index (κ1) is 11.5. The smallest absolute Gasteiger partial charge is 0.260 e. The molecule has 0 fully saturated rings. The van der Waals surface area contributed by atoms with Crippen molar-refractivity contribution in [3.8, 4) is 11.5 Å². The number of fused-ring (bicyclic) bond motifs is 2. The minimum Gasteiger partial charge on any atom is -0.491 e. The number of hydrogen-bond donors (Lipinski definition) is 1. The first-order valence-electron chi connectivity index (χ1n) is 5.84. The number of aryl methyl sites for hydroxylation is 1. The Labute approximate surface area is 109 Å². The largest absolute Gasteiger partial charge is 0.491 e. The van der Waals surface area contributed by atoms with Crippen LogP contribution in [0.5, 0.6) is 11.5 Å². The summed E-state index contributed by atoms with van der Waals surface area (Å²) in [6.07, 6.45) is 2.00. The van der Waals surface area contributed by atoms with Crippen LogP contribution in [0.3, 0.4) is 0 Å². The summed E-state index contributed by atoms with van der Waals surface area (Å²) in [6, 6.07) is 11.0. The highest BCUT2D eigenvalue weighted by Crippen LogP contribution is 2.28. The molecule has 19 heavy (non-hydrogen) atoms. The van der Waals surface area contributed by atoms with Gasteiger partial charge in [-0.15, -0.1) is 4.91 Å². The van der Waals surface area contributed by atoms with Crippen molar-refractivity contribution in [3.63, 3.8) is 0 Å². The molecule has 4 heteroatoms. The van der Waals surface area contributed by atoms with E-state index in [0.717, 1.165) is 22.1 Å². The lowest BCUT2D eigenvalue weighted by Gasteiger charge is -2.15. The van der Waals surface area contributed by atoms with Crippen LogP contribution in [-0.4, -0.2) is 5.11 Å². The van der Waals surface area contributed by atoms with Crippen molar-refractivity contribution in [1.82, 2.24) is 0 Å². The molecule has 1 heterocycles. The van der Waals surface area contributed by atoms with Gasteiger partial charge in [0.25, 0.3) is 5.88 Å². The van der Waals surface area contributed by atoms with Gasteiger partial charge in [-0.05, 0) is 36.8 Å². The molecule has 0 radical (unpaired) electrons. The van der Waals surface area contributed by atoms with E-state index in [1.54, 1.807) is 18.2 Å². The number of ether oxygens (including phenoxy) is 1. The highest BCUT2D eigenvalue weighted by atomic mass is 16.5. The number of aliphatic hydroxyl groups excluding tert-OH is 1. The third-order valence-corrected chi connectivity index (χ3v) is 3.06. The van der Waals surface area contributed by atoms with E-state index in [-0.39, 0.29) is 0 Å². The second-order valence-corrected chi connectivity index (χ2v) is 4.46. The third-order valence-electron chi connectivity index (χ3n) is 3.06. The Morgan fingerprint density at radius 1 is 1.16 bits per heavy atom. The fourth-order valence-corrected chi connectivity index (χ4v) is 2.07. The van der Waals surface area contributed by atoms with Crippen LogP contribution in [0.25, 0.3) is 12.0 Å². The maximum atomic E-state index is 10.3. The summed E-state index contributed by atoms with van der Waals surface area (Å²) in [6.45, 7) is 1.99. The molecule has 1 aliphatic heterocycles. The summed E-state index contributed by atoms with van der Waals surface area (Å²) in [5, 5.41) is 13.1. The van der Waals surface area contributed by atoms with Gasteiger partial charge >= 0.3 is 0 Å². The quantitative estimate of drug-likeness (QED) is 0.677. The molecule has 3 rings (SSSR count). The Balaban J connectivity index is 2.23. The van der Waals surface area contributed by atoms with Gasteiger partial charge in [0, 0.05) is 21.2 Å². The monoisotopic (exact) mass is 253 g/mol. The third kappa shape index (κ3) is 1.97. The molecule has 1 N–H and O–H groups in total. The van der Waals surface area contributed by atoms with E-state index in [0.29, 0.717) is 11.0 Å².